The van der Waals surface area contributed by atoms with Gasteiger partial charge in [0, 0.05) is 5.56 Å². The van der Waals surface area contributed by atoms with Crippen LogP contribution in [0.5, 0.6) is 0 Å². The SMILES string of the molecule is CC1CCCCC1OCc1ccccc1C(=N)N. The van der Waals surface area contributed by atoms with Crippen molar-refractivity contribution < 1.29 is 4.74 Å². The van der Waals surface area contributed by atoms with E-state index in [1.54, 1.807) is 0 Å². The lowest BCUT2D eigenvalue weighted by Gasteiger charge is -2.29. The summed E-state index contributed by atoms with van der Waals surface area (Å²) >= 11 is 0. The number of rotatable bonds is 4. The summed E-state index contributed by atoms with van der Waals surface area (Å²) in [7, 11) is 0. The van der Waals surface area contributed by atoms with E-state index in [9.17, 15) is 0 Å². The average Bonchev–Trinajstić information content (AvgIpc) is 2.38. The molecule has 0 heterocycles. The zero-order valence-electron chi connectivity index (χ0n) is 11.0. The van der Waals surface area contributed by atoms with Crippen molar-refractivity contribution in [1.82, 2.24) is 0 Å². The van der Waals surface area contributed by atoms with E-state index in [0.29, 0.717) is 18.6 Å². The molecule has 0 aliphatic heterocycles. The van der Waals surface area contributed by atoms with Crippen LogP contribution < -0.4 is 5.73 Å². The third kappa shape index (κ3) is 3.10. The quantitative estimate of drug-likeness (QED) is 0.633. The van der Waals surface area contributed by atoms with Gasteiger partial charge in [-0.15, -0.1) is 0 Å². The van der Waals surface area contributed by atoms with E-state index in [4.69, 9.17) is 15.9 Å². The van der Waals surface area contributed by atoms with Crippen molar-refractivity contribution >= 4 is 5.84 Å². The molecule has 1 fully saturated rings. The van der Waals surface area contributed by atoms with Crippen LogP contribution in [0.3, 0.4) is 0 Å². The second kappa shape index (κ2) is 6.01. The Morgan fingerprint density at radius 2 is 2.06 bits per heavy atom. The largest absolute Gasteiger partial charge is 0.384 e. The van der Waals surface area contributed by atoms with Crippen LogP contribution in [-0.4, -0.2) is 11.9 Å². The highest BCUT2D eigenvalue weighted by molar-refractivity contribution is 5.96. The Morgan fingerprint density at radius 1 is 1.33 bits per heavy atom. The lowest BCUT2D eigenvalue weighted by atomic mass is 9.88. The Bertz CT molecular complexity index is 417. The second-order valence-electron chi connectivity index (χ2n) is 5.18. The highest BCUT2D eigenvalue weighted by Gasteiger charge is 2.22. The summed E-state index contributed by atoms with van der Waals surface area (Å²) in [6.07, 6.45) is 5.37. The van der Waals surface area contributed by atoms with Gasteiger partial charge < -0.3 is 10.5 Å². The summed E-state index contributed by atoms with van der Waals surface area (Å²) < 4.78 is 6.02. The first kappa shape index (κ1) is 13.1. The molecule has 2 rings (SSSR count). The fraction of sp³-hybridized carbons (Fsp3) is 0.533. The molecule has 2 unspecified atom stereocenters. The molecule has 3 N–H and O–H groups in total. The molecule has 3 nitrogen and oxygen atoms in total. The van der Waals surface area contributed by atoms with Crippen LogP contribution in [0.25, 0.3) is 0 Å². The Kier molecular flexibility index (Phi) is 4.37. The zero-order chi connectivity index (χ0) is 13.0. The highest BCUT2D eigenvalue weighted by Crippen LogP contribution is 2.27. The Morgan fingerprint density at radius 3 is 2.78 bits per heavy atom. The molecule has 3 heteroatoms. The standard InChI is InChI=1S/C15H22N2O/c1-11-6-2-5-9-14(11)18-10-12-7-3-4-8-13(12)15(16)17/h3-4,7-8,11,14H,2,5-6,9-10H2,1H3,(H3,16,17). The molecule has 1 aromatic carbocycles. The second-order valence-corrected chi connectivity index (χ2v) is 5.18. The molecule has 0 radical (unpaired) electrons. The van der Waals surface area contributed by atoms with Gasteiger partial charge in [-0.2, -0.15) is 0 Å². The van der Waals surface area contributed by atoms with Gasteiger partial charge in [0.1, 0.15) is 5.84 Å². The van der Waals surface area contributed by atoms with Crippen LogP contribution >= 0.6 is 0 Å². The smallest absolute Gasteiger partial charge is 0.123 e. The first-order chi connectivity index (χ1) is 8.68. The van der Waals surface area contributed by atoms with Crippen molar-refractivity contribution in [3.8, 4) is 0 Å². The van der Waals surface area contributed by atoms with Crippen LogP contribution in [-0.2, 0) is 11.3 Å². The van der Waals surface area contributed by atoms with Gasteiger partial charge in [-0.05, 0) is 24.3 Å². The number of nitrogen functional groups attached to an aromatic ring is 1. The van der Waals surface area contributed by atoms with Crippen molar-refractivity contribution in [2.75, 3.05) is 0 Å². The predicted octanol–water partition coefficient (Wildman–Crippen LogP) is 3.07. The van der Waals surface area contributed by atoms with Gasteiger partial charge in [-0.3, -0.25) is 5.41 Å². The normalized spacial score (nSPS) is 23.8. The molecule has 1 saturated carbocycles. The molecule has 0 spiro atoms. The molecule has 1 aliphatic carbocycles. The summed E-state index contributed by atoms with van der Waals surface area (Å²) in [5.74, 6) is 0.758. The molecule has 1 aromatic rings. The number of nitrogens with one attached hydrogen (secondary N) is 1. The summed E-state index contributed by atoms with van der Waals surface area (Å²) in [5, 5.41) is 7.56. The fourth-order valence-electron chi connectivity index (χ4n) is 2.64. The van der Waals surface area contributed by atoms with Gasteiger partial charge in [0.2, 0.25) is 0 Å². The molecule has 2 atom stereocenters. The van der Waals surface area contributed by atoms with Gasteiger partial charge >= 0.3 is 0 Å². The first-order valence-electron chi connectivity index (χ1n) is 6.72. The first-order valence-corrected chi connectivity index (χ1v) is 6.72. The van der Waals surface area contributed by atoms with Gasteiger partial charge in [0.25, 0.3) is 0 Å². The van der Waals surface area contributed by atoms with Crippen molar-refractivity contribution in [3.05, 3.63) is 35.4 Å². The fourth-order valence-corrected chi connectivity index (χ4v) is 2.64. The number of hydrogen-bond acceptors (Lipinski definition) is 2. The summed E-state index contributed by atoms with van der Waals surface area (Å²) in [5.41, 5.74) is 7.39. The van der Waals surface area contributed by atoms with Gasteiger partial charge in [0.15, 0.2) is 0 Å². The van der Waals surface area contributed by atoms with E-state index in [-0.39, 0.29) is 5.84 Å². The lowest BCUT2D eigenvalue weighted by Crippen LogP contribution is -2.26. The maximum Gasteiger partial charge on any atom is 0.123 e. The van der Waals surface area contributed by atoms with Crippen molar-refractivity contribution in [2.24, 2.45) is 11.7 Å². The van der Waals surface area contributed by atoms with Gasteiger partial charge in [0.05, 0.1) is 12.7 Å². The summed E-state index contributed by atoms with van der Waals surface area (Å²) in [4.78, 5) is 0. The Labute approximate surface area is 109 Å². The monoisotopic (exact) mass is 246 g/mol. The number of hydrogen-bond donors (Lipinski definition) is 2. The average molecular weight is 246 g/mol. The van der Waals surface area contributed by atoms with E-state index in [2.05, 4.69) is 6.92 Å². The lowest BCUT2D eigenvalue weighted by molar-refractivity contribution is -0.0155. The number of amidine groups is 1. The Balaban J connectivity index is 1.99. The van der Waals surface area contributed by atoms with E-state index in [1.807, 2.05) is 24.3 Å². The van der Waals surface area contributed by atoms with Gasteiger partial charge in [-0.25, -0.2) is 0 Å². The number of nitrogens with two attached hydrogens (primary N) is 1. The molecular weight excluding hydrogens is 224 g/mol. The Hall–Kier alpha value is -1.35. The minimum atomic E-state index is 0.117. The molecule has 0 amide bonds. The van der Waals surface area contributed by atoms with Crippen molar-refractivity contribution in [2.45, 2.75) is 45.3 Å². The van der Waals surface area contributed by atoms with Crippen LogP contribution in [0, 0.1) is 11.3 Å². The van der Waals surface area contributed by atoms with Crippen molar-refractivity contribution in [3.63, 3.8) is 0 Å². The number of benzene rings is 1. The predicted molar refractivity (Wildman–Crippen MR) is 73.7 cm³/mol. The van der Waals surface area contributed by atoms with Crippen LogP contribution in [0.1, 0.15) is 43.7 Å². The molecule has 98 valence electrons. The maximum atomic E-state index is 7.56. The summed E-state index contributed by atoms with van der Waals surface area (Å²) in [6, 6.07) is 7.74. The minimum absolute atomic E-state index is 0.117. The minimum Gasteiger partial charge on any atom is -0.384 e. The molecule has 0 bridgehead atoms. The zero-order valence-corrected chi connectivity index (χ0v) is 11.0. The van der Waals surface area contributed by atoms with E-state index in [0.717, 1.165) is 17.5 Å². The third-order valence-electron chi connectivity index (χ3n) is 3.79. The topological polar surface area (TPSA) is 59.1 Å². The van der Waals surface area contributed by atoms with E-state index >= 15 is 0 Å². The van der Waals surface area contributed by atoms with Crippen molar-refractivity contribution in [1.29, 1.82) is 5.41 Å². The van der Waals surface area contributed by atoms with Crippen LogP contribution in [0.2, 0.25) is 0 Å². The molecule has 18 heavy (non-hydrogen) atoms. The molecule has 0 aromatic heterocycles. The maximum absolute atomic E-state index is 7.56. The van der Waals surface area contributed by atoms with Crippen LogP contribution in [0.15, 0.2) is 24.3 Å². The van der Waals surface area contributed by atoms with Crippen LogP contribution in [0.4, 0.5) is 0 Å². The molecule has 0 saturated heterocycles. The number of ether oxygens (including phenoxy) is 1. The third-order valence-corrected chi connectivity index (χ3v) is 3.79. The van der Waals surface area contributed by atoms with Gasteiger partial charge in [-0.1, -0.05) is 44.0 Å². The molecule has 1 aliphatic rings. The highest BCUT2D eigenvalue weighted by atomic mass is 16.5. The van der Waals surface area contributed by atoms with E-state index < -0.39 is 0 Å². The van der Waals surface area contributed by atoms with E-state index in [1.165, 1.54) is 19.3 Å². The summed E-state index contributed by atoms with van der Waals surface area (Å²) in [6.45, 7) is 2.82. The molecular formula is C15H22N2O.